The number of para-hydroxylation sites is 2. The van der Waals surface area contributed by atoms with Crippen LogP contribution < -0.4 is 75.1 Å². The van der Waals surface area contributed by atoms with Crippen LogP contribution in [0.5, 0.6) is 5.75 Å². The molecule has 3 aromatic carbocycles. The lowest BCUT2D eigenvalue weighted by molar-refractivity contribution is -0.149. The second kappa shape index (κ2) is 51.2. The first kappa shape index (κ1) is 106. The van der Waals surface area contributed by atoms with Gasteiger partial charge in [-0.2, -0.15) is 0 Å². The molecule has 45 heteroatoms. The van der Waals surface area contributed by atoms with Crippen LogP contribution >= 0.6 is 11.8 Å². The number of hydrogen-bond acceptors (Lipinski definition) is 24. The van der Waals surface area contributed by atoms with Crippen LogP contribution in [-0.4, -0.2) is 329 Å². The van der Waals surface area contributed by atoms with Crippen molar-refractivity contribution in [2.75, 3.05) is 72.5 Å². The number of aliphatic hydroxyl groups excluding tert-OH is 1. The summed E-state index contributed by atoms with van der Waals surface area (Å²) in [7, 11) is 5.36. The minimum absolute atomic E-state index is 0.000282. The van der Waals surface area contributed by atoms with Gasteiger partial charge in [0.15, 0.2) is 0 Å². The molecule has 6 aromatic rings. The SMILES string of the molecule is CCCC[C@H]1C(=O)N(C)[C@@H](CCCC)C(=O)N[C@@H](CCCN)C(=O)N[C@H](C(=O)NCC(N)=O)CSCC(=O)N[C@@H](Cc2ccc(OC)cc2)C(=O)N(C)[C@@H](C)C(=O)N[C@@H](CC(=O)O)C(=O)N2CCCC2C(=O)N[C@@H](Cc2cnc[nH]2)C(=O)N[C@@H](CCC(=O)O)C(=O)N2C[C@H](O)C[C@H]2C(=O)N[C@@H](Cc2c[nH]c3ccccc23)C(=O)N[C@@H](CCN)C(=O)N[C@@H](Cc2c[nH]c3ccccc23)C(=O)N1C. The van der Waals surface area contributed by atoms with Gasteiger partial charge in [-0.3, -0.25) is 86.3 Å². The molecule has 0 saturated carbocycles. The number of benzene rings is 3. The van der Waals surface area contributed by atoms with Crippen LogP contribution in [0.3, 0.4) is 0 Å². The van der Waals surface area contributed by atoms with Crippen molar-refractivity contribution in [2.24, 2.45) is 17.2 Å². The van der Waals surface area contributed by atoms with Crippen molar-refractivity contribution < 1.29 is 106 Å². The average Bonchev–Trinajstić information content (AvgIpc) is 1.62. The van der Waals surface area contributed by atoms with Crippen molar-refractivity contribution in [2.45, 2.75) is 233 Å². The number of nitrogens with zero attached hydrogens (tertiary/aromatic N) is 6. The molecular formula is C91H126N22O22S. The highest BCUT2D eigenvalue weighted by atomic mass is 32.2. The Bertz CT molecular complexity index is 5230. The van der Waals surface area contributed by atoms with Gasteiger partial charge in [-0.1, -0.05) is 88.1 Å². The number of rotatable bonds is 28. The number of nitrogens with one attached hydrogen (secondary N) is 13. The number of carbonyl (C=O) groups is 18. The highest BCUT2D eigenvalue weighted by Crippen LogP contribution is 2.28. The van der Waals surface area contributed by atoms with Gasteiger partial charge in [0.2, 0.25) is 94.5 Å². The molecule has 3 fully saturated rings. The number of hydrogen-bond donors (Lipinski definition) is 19. The van der Waals surface area contributed by atoms with Gasteiger partial charge < -0.3 is 130 Å². The summed E-state index contributed by atoms with van der Waals surface area (Å²) in [5.41, 5.74) is 20.7. The number of likely N-dealkylation sites (N-methyl/N-ethyl adjacent to an activating group) is 3. The molecule has 0 bridgehead atoms. The van der Waals surface area contributed by atoms with Crippen LogP contribution in [-0.2, 0) is 112 Å². The summed E-state index contributed by atoms with van der Waals surface area (Å²) >= 11 is 0.781. The molecule has 9 rings (SSSR count). The summed E-state index contributed by atoms with van der Waals surface area (Å²) in [5, 5.41) is 59.5. The van der Waals surface area contributed by atoms with Crippen LogP contribution in [0, 0.1) is 0 Å². The minimum Gasteiger partial charge on any atom is -0.497 e. The third-order valence-electron chi connectivity index (χ3n) is 24.4. The molecular weight excluding hydrogens is 1790 g/mol. The van der Waals surface area contributed by atoms with E-state index in [1.165, 1.54) is 57.5 Å². The van der Waals surface area contributed by atoms with Crippen LogP contribution in [0.25, 0.3) is 21.8 Å². The Labute approximate surface area is 789 Å². The number of imidazole rings is 1. The third-order valence-corrected chi connectivity index (χ3v) is 25.5. The number of amides is 16. The second-order valence-corrected chi connectivity index (χ2v) is 35.3. The fraction of sp³-hybridized carbons (Fsp3) is 0.527. The number of fused-ring (bicyclic) bond motifs is 4. The van der Waals surface area contributed by atoms with E-state index >= 15 is 38.4 Å². The maximum Gasteiger partial charge on any atom is 0.305 e. The molecule has 0 radical (unpaired) electrons. The number of aromatic nitrogens is 4. The fourth-order valence-electron chi connectivity index (χ4n) is 16.8. The maximum atomic E-state index is 15.8. The largest absolute Gasteiger partial charge is 0.497 e. The molecule has 0 spiro atoms. The first-order valence-corrected chi connectivity index (χ1v) is 46.6. The standard InChI is InChI=1S/C91H126N22O22S/c1-8-10-23-70-84(127)102-61(22-16-33-92)80(123)108-69(79(122)98-45-74(94)115)47-136-48-75(116)100-66(36-51-26-28-56(135-7)29-27-51)87(130)109(4)50(3)78(121)106-68(41-77(119)120)90(133)112-35-17-25-71(112)85(128)105-65(39-54-44-95-49-99-54)83(126)103-63(30-31-76(117)118)89(132)113-46-55(114)40-73(113)86(129)104-64(37-52-42-96-59-20-14-12-18-57(52)59)82(125)101-62(32-34-93)81(124)107-67(38-53-43-97-60-21-15-13-19-58(53)60)88(131)111(6)72(24-11-9-2)91(134)110(70)5/h12-15,18-21,26-29,42-44,49-50,55,61-73,96-97,114H,8-11,16-17,22-25,30-41,45-48,92-93H2,1-7H3,(H2,94,115)(H,95,99)(H,98,122)(H,100,116)(H,101,125)(H,102,127)(H,103,126)(H,104,129)(H,105,128)(H,106,121)(H,107,124)(H,108,123)(H,117,118)(H,119,120)/t50-,55+,61-,62-,63-,64-,65-,66-,67-,68-,69-,70-,71?,72-,73-/m0/s1. The van der Waals surface area contributed by atoms with Crippen molar-refractivity contribution in [1.82, 2.24) is 97.6 Å². The van der Waals surface area contributed by atoms with E-state index in [9.17, 15) is 63.3 Å². The number of H-pyrrole nitrogens is 3. The van der Waals surface area contributed by atoms with Gasteiger partial charge in [-0.15, -0.1) is 11.8 Å². The summed E-state index contributed by atoms with van der Waals surface area (Å²) in [6.07, 6.45) is 1.58. The topological polar surface area (TPSA) is 652 Å². The van der Waals surface area contributed by atoms with Gasteiger partial charge in [0.25, 0.3) is 0 Å². The van der Waals surface area contributed by atoms with Gasteiger partial charge >= 0.3 is 11.9 Å². The fourth-order valence-corrected chi connectivity index (χ4v) is 17.6. The highest BCUT2D eigenvalue weighted by Gasteiger charge is 2.47. The lowest BCUT2D eigenvalue weighted by atomic mass is 9.99. The van der Waals surface area contributed by atoms with Gasteiger partial charge in [-0.25, -0.2) is 4.98 Å². The molecule has 15 atom stereocenters. The number of aliphatic hydroxyl groups is 1. The van der Waals surface area contributed by atoms with E-state index in [1.54, 1.807) is 85.2 Å². The number of unbranched alkanes of at least 4 members (excludes halogenated alkanes) is 2. The molecule has 3 aromatic heterocycles. The molecule has 1 unspecified atom stereocenters. The van der Waals surface area contributed by atoms with Gasteiger partial charge in [0.1, 0.15) is 90.3 Å². The van der Waals surface area contributed by atoms with Crippen LogP contribution in [0.1, 0.15) is 139 Å². The van der Waals surface area contributed by atoms with E-state index in [1.807, 2.05) is 13.8 Å². The Morgan fingerprint density at radius 2 is 1.07 bits per heavy atom. The molecule has 136 heavy (non-hydrogen) atoms. The molecule has 6 heterocycles. The second-order valence-electron chi connectivity index (χ2n) is 34.2. The first-order valence-electron chi connectivity index (χ1n) is 45.5. The lowest BCUT2D eigenvalue weighted by Crippen LogP contribution is -2.61. The predicted molar refractivity (Wildman–Crippen MR) is 496 cm³/mol. The van der Waals surface area contributed by atoms with Crippen molar-refractivity contribution in [3.63, 3.8) is 0 Å². The molecule has 0 aliphatic carbocycles. The van der Waals surface area contributed by atoms with Gasteiger partial charge in [0.05, 0.1) is 38.3 Å². The number of primary amides is 1. The summed E-state index contributed by atoms with van der Waals surface area (Å²) in [5.74, 6) is -18.9. The maximum absolute atomic E-state index is 15.8. The van der Waals surface area contributed by atoms with Gasteiger partial charge in [0, 0.05) is 125 Å². The van der Waals surface area contributed by atoms with E-state index in [2.05, 4.69) is 73.1 Å². The van der Waals surface area contributed by atoms with E-state index in [4.69, 9.17) is 21.9 Å². The van der Waals surface area contributed by atoms with Crippen LogP contribution in [0.2, 0.25) is 0 Å². The molecule has 3 aliphatic heterocycles. The number of methoxy groups -OCH3 is 1. The van der Waals surface area contributed by atoms with E-state index < -0.39 is 254 Å². The lowest BCUT2D eigenvalue weighted by Gasteiger charge is -2.36. The number of ether oxygens (including phenoxy) is 1. The zero-order valence-corrected chi connectivity index (χ0v) is 78.0. The molecule has 3 aliphatic rings. The number of aromatic amines is 3. The number of thioether (sulfide) groups is 1. The quantitative estimate of drug-likeness (QED) is 0.0244. The number of carboxylic acid groups (broad SMARTS) is 2. The third kappa shape index (κ3) is 29.2. The summed E-state index contributed by atoms with van der Waals surface area (Å²) < 4.78 is 5.34. The summed E-state index contributed by atoms with van der Waals surface area (Å²) in [4.78, 5) is 281. The Kier molecular flexibility index (Phi) is 40.0. The normalized spacial score (nSPS) is 24.6. The van der Waals surface area contributed by atoms with E-state index in [-0.39, 0.29) is 89.5 Å². The van der Waals surface area contributed by atoms with Crippen molar-refractivity contribution in [1.29, 1.82) is 0 Å². The smallest absolute Gasteiger partial charge is 0.305 e. The average molecular weight is 1910 g/mol. The zero-order chi connectivity index (χ0) is 99.1. The monoisotopic (exact) mass is 1910 g/mol. The molecule has 738 valence electrons. The Morgan fingerprint density at radius 3 is 1.66 bits per heavy atom. The Hall–Kier alpha value is -13.6. The molecule has 3 saturated heterocycles. The zero-order valence-electron chi connectivity index (χ0n) is 77.2. The van der Waals surface area contributed by atoms with E-state index in [0.717, 1.165) is 26.5 Å². The Morgan fingerprint density at radius 1 is 0.529 bits per heavy atom. The number of aliphatic carboxylic acids is 2. The summed E-state index contributed by atoms with van der Waals surface area (Å²) in [6, 6.07) is -1.80. The van der Waals surface area contributed by atoms with Gasteiger partial charge in [-0.05, 0) is 112 Å². The van der Waals surface area contributed by atoms with Crippen molar-refractivity contribution >= 4 is 140 Å². The van der Waals surface area contributed by atoms with Crippen LogP contribution in [0.15, 0.2) is 97.7 Å². The number of nitrogens with two attached hydrogens (primary N) is 3. The number of carboxylic acids is 2. The molecule has 44 nitrogen and oxygen atoms in total. The predicted octanol–water partition coefficient (Wildman–Crippen LogP) is -2.38. The van der Waals surface area contributed by atoms with Crippen molar-refractivity contribution in [3.05, 3.63) is 120 Å². The van der Waals surface area contributed by atoms with Crippen molar-refractivity contribution in [3.8, 4) is 5.75 Å². The van der Waals surface area contributed by atoms with E-state index in [0.29, 0.717) is 69.9 Å². The first-order chi connectivity index (χ1) is 65.0. The molecule has 16 amide bonds. The highest BCUT2D eigenvalue weighted by molar-refractivity contribution is 8.00. The molecule has 22 N–H and O–H groups in total. The minimum atomic E-state index is -1.93. The van der Waals surface area contributed by atoms with Crippen LogP contribution in [0.4, 0.5) is 0 Å². The Balaban J connectivity index is 1.11. The summed E-state index contributed by atoms with van der Waals surface area (Å²) in [6.45, 7) is 3.19. The number of carbonyl (C=O) groups excluding carboxylic acids is 16.